The van der Waals surface area contributed by atoms with Crippen molar-refractivity contribution < 1.29 is 26.3 Å². The van der Waals surface area contributed by atoms with Gasteiger partial charge in [-0.2, -0.15) is 26.3 Å². The maximum Gasteiger partial charge on any atom is 0.416 e. The van der Waals surface area contributed by atoms with Crippen LogP contribution in [0.4, 0.5) is 26.3 Å². The molecule has 2 aromatic carbocycles. The van der Waals surface area contributed by atoms with E-state index in [1.165, 1.54) is 12.1 Å². The van der Waals surface area contributed by atoms with Crippen LogP contribution in [0.15, 0.2) is 65.3 Å². The Morgan fingerprint density at radius 2 is 1.23 bits per heavy atom. The summed E-state index contributed by atoms with van der Waals surface area (Å²) < 4.78 is 80.8. The summed E-state index contributed by atoms with van der Waals surface area (Å²) in [5.74, 6) is -0.201. The van der Waals surface area contributed by atoms with Crippen LogP contribution < -0.4 is 0 Å². The Balaban J connectivity index is 2.03. The lowest BCUT2D eigenvalue weighted by Gasteiger charge is -2.50. The highest BCUT2D eigenvalue weighted by molar-refractivity contribution is 5.77. The van der Waals surface area contributed by atoms with Crippen LogP contribution in [-0.2, 0) is 17.8 Å². The minimum Gasteiger partial charge on any atom is -0.166 e. The Kier molecular flexibility index (Phi) is 4.56. The maximum absolute atomic E-state index is 13.5. The minimum atomic E-state index is -4.56. The molecule has 163 valence electrons. The molecule has 0 amide bonds. The molecule has 0 saturated carbocycles. The monoisotopic (exact) mass is 435 g/mol. The number of hydrogen-bond donors (Lipinski definition) is 0. The first-order valence-electron chi connectivity index (χ1n) is 9.93. The van der Waals surface area contributed by atoms with Crippen molar-refractivity contribution in [1.82, 2.24) is 0 Å². The van der Waals surface area contributed by atoms with Gasteiger partial charge in [0.05, 0.1) is 16.5 Å². The van der Waals surface area contributed by atoms with E-state index in [2.05, 4.69) is 6.08 Å². The van der Waals surface area contributed by atoms with Gasteiger partial charge in [-0.25, -0.2) is 0 Å². The number of halogens is 6. The summed E-state index contributed by atoms with van der Waals surface area (Å²) in [6, 6.07) is 9.82. The Labute approximate surface area is 177 Å². The van der Waals surface area contributed by atoms with E-state index in [-0.39, 0.29) is 11.3 Å². The second kappa shape index (κ2) is 6.50. The van der Waals surface area contributed by atoms with Crippen molar-refractivity contribution in [3.8, 4) is 0 Å². The largest absolute Gasteiger partial charge is 0.416 e. The fourth-order valence-electron chi connectivity index (χ4n) is 5.00. The second-order valence-corrected chi connectivity index (χ2v) is 9.19. The van der Waals surface area contributed by atoms with Crippen molar-refractivity contribution in [3.05, 3.63) is 93.6 Å². The molecule has 2 aromatic rings. The number of alkyl halides is 6. The first kappa shape index (κ1) is 21.7. The molecular weight excluding hydrogens is 414 g/mol. The van der Waals surface area contributed by atoms with Gasteiger partial charge in [0.15, 0.2) is 0 Å². The van der Waals surface area contributed by atoms with Gasteiger partial charge in [0.2, 0.25) is 0 Å². The Bertz CT molecular complexity index is 1050. The maximum atomic E-state index is 13.5. The first-order chi connectivity index (χ1) is 14.2. The summed E-state index contributed by atoms with van der Waals surface area (Å²) in [5.41, 5.74) is -0.0139. The number of hydrogen-bond acceptors (Lipinski definition) is 0. The fraction of sp³-hybridized carbons (Fsp3) is 0.360. The lowest BCUT2D eigenvalue weighted by atomic mass is 9.51. The molecule has 31 heavy (non-hydrogen) atoms. The van der Waals surface area contributed by atoms with Gasteiger partial charge in [0.1, 0.15) is 0 Å². The van der Waals surface area contributed by atoms with Crippen molar-refractivity contribution in [2.75, 3.05) is 0 Å². The third-order valence-electron chi connectivity index (χ3n) is 6.09. The van der Waals surface area contributed by atoms with Gasteiger partial charge in [-0.3, -0.25) is 0 Å². The molecule has 3 aliphatic rings. The highest BCUT2D eigenvalue weighted by Gasteiger charge is 2.60. The van der Waals surface area contributed by atoms with Gasteiger partial charge in [0.25, 0.3) is 0 Å². The van der Waals surface area contributed by atoms with Crippen molar-refractivity contribution in [1.29, 1.82) is 0 Å². The zero-order chi connectivity index (χ0) is 23.0. The molecule has 0 aromatic heterocycles. The van der Waals surface area contributed by atoms with Crippen LogP contribution in [0, 0.1) is 17.4 Å². The van der Waals surface area contributed by atoms with Crippen molar-refractivity contribution >= 4 is 0 Å². The SMILES string of the molecule is CC1[C]=C2C(C(C)(C)C)=C1C2(c1cccc(C(F)(F)F)c1)c1cccc(C(F)(F)F)c1. The Hall–Kier alpha value is -2.50. The smallest absolute Gasteiger partial charge is 0.166 e. The molecule has 0 nitrogen and oxygen atoms in total. The van der Waals surface area contributed by atoms with E-state index in [0.717, 1.165) is 35.4 Å². The molecule has 0 spiro atoms. The van der Waals surface area contributed by atoms with Gasteiger partial charge >= 0.3 is 12.4 Å². The van der Waals surface area contributed by atoms with E-state index < -0.39 is 28.9 Å². The van der Waals surface area contributed by atoms with Crippen molar-refractivity contribution in [2.24, 2.45) is 11.3 Å². The predicted octanol–water partition coefficient (Wildman–Crippen LogP) is 7.75. The average molecular weight is 435 g/mol. The lowest BCUT2D eigenvalue weighted by molar-refractivity contribution is -0.138. The minimum absolute atomic E-state index is 0.201. The molecule has 1 unspecified atom stereocenters. The molecule has 1 radical (unpaired) electrons. The molecule has 0 fully saturated rings. The van der Waals surface area contributed by atoms with Crippen LogP contribution in [0.5, 0.6) is 0 Å². The molecule has 0 saturated heterocycles. The highest BCUT2D eigenvalue weighted by Crippen LogP contribution is 2.67. The van der Waals surface area contributed by atoms with E-state index in [9.17, 15) is 26.3 Å². The van der Waals surface area contributed by atoms with Crippen LogP contribution in [0.2, 0.25) is 0 Å². The molecule has 0 heterocycles. The van der Waals surface area contributed by atoms with E-state index in [1.54, 1.807) is 12.1 Å². The molecule has 0 N–H and O–H groups in total. The Morgan fingerprint density at radius 1 is 0.774 bits per heavy atom. The number of fused-ring (bicyclic) bond motifs is 1. The third-order valence-corrected chi connectivity index (χ3v) is 6.09. The zero-order valence-corrected chi connectivity index (χ0v) is 17.5. The predicted molar refractivity (Wildman–Crippen MR) is 106 cm³/mol. The number of benzene rings is 2. The van der Waals surface area contributed by atoms with E-state index >= 15 is 0 Å². The topological polar surface area (TPSA) is 0 Å². The molecule has 6 heteroatoms. The number of allylic oxidation sites excluding steroid dienone is 4. The van der Waals surface area contributed by atoms with Crippen LogP contribution >= 0.6 is 0 Å². The molecule has 2 bridgehead atoms. The second-order valence-electron chi connectivity index (χ2n) is 9.19. The zero-order valence-electron chi connectivity index (χ0n) is 17.5. The lowest BCUT2D eigenvalue weighted by Crippen LogP contribution is -2.43. The molecule has 5 rings (SSSR count). The highest BCUT2D eigenvalue weighted by atomic mass is 19.4. The summed E-state index contributed by atoms with van der Waals surface area (Å²) in [6.45, 7) is 7.86. The summed E-state index contributed by atoms with van der Waals surface area (Å²) >= 11 is 0. The van der Waals surface area contributed by atoms with Crippen LogP contribution in [0.25, 0.3) is 0 Å². The van der Waals surface area contributed by atoms with Crippen LogP contribution in [-0.4, -0.2) is 0 Å². The van der Waals surface area contributed by atoms with Gasteiger partial charge in [0, 0.05) is 5.92 Å². The first-order valence-corrected chi connectivity index (χ1v) is 9.93. The standard InChI is InChI=1S/C25H21F6/c1-14-11-19-21(22(2,3)4)20(14)23(19,15-7-5-9-17(12-15)24(26,27)28)16-8-6-10-18(13-16)25(29,30)31/h5-10,12-14H,1-4H3. The van der Waals surface area contributed by atoms with Gasteiger partial charge in [-0.1, -0.05) is 64.1 Å². The van der Waals surface area contributed by atoms with Crippen molar-refractivity contribution in [2.45, 2.75) is 45.5 Å². The quantitative estimate of drug-likeness (QED) is 0.423. The Morgan fingerprint density at radius 3 is 1.55 bits per heavy atom. The normalized spacial score (nSPS) is 20.6. The third kappa shape index (κ3) is 3.14. The summed E-state index contributed by atoms with van der Waals surface area (Å²) in [6.07, 6.45) is -5.78. The average Bonchev–Trinajstić information content (AvgIpc) is 3.14. The number of rotatable bonds is 2. The van der Waals surface area contributed by atoms with Gasteiger partial charge in [-0.05, 0) is 51.5 Å². The van der Waals surface area contributed by atoms with Crippen LogP contribution in [0.1, 0.15) is 49.9 Å². The van der Waals surface area contributed by atoms with Gasteiger partial charge < -0.3 is 0 Å². The fourth-order valence-corrected chi connectivity index (χ4v) is 5.00. The summed E-state index contributed by atoms with van der Waals surface area (Å²) in [7, 11) is 0. The molecule has 0 aliphatic heterocycles. The van der Waals surface area contributed by atoms with Crippen LogP contribution in [0.3, 0.4) is 0 Å². The van der Waals surface area contributed by atoms with Gasteiger partial charge in [-0.15, -0.1) is 0 Å². The van der Waals surface area contributed by atoms with E-state index in [0.29, 0.717) is 16.7 Å². The summed E-state index contributed by atoms with van der Waals surface area (Å²) in [4.78, 5) is 0. The summed E-state index contributed by atoms with van der Waals surface area (Å²) in [5, 5.41) is 0. The van der Waals surface area contributed by atoms with E-state index in [4.69, 9.17) is 0 Å². The van der Waals surface area contributed by atoms with Crippen molar-refractivity contribution in [3.63, 3.8) is 0 Å². The molecular formula is C25H21F6. The molecule has 1 atom stereocenters. The molecule has 3 aliphatic carbocycles. The van der Waals surface area contributed by atoms with E-state index in [1.807, 2.05) is 27.7 Å².